The van der Waals surface area contributed by atoms with Crippen LogP contribution >= 0.6 is 0 Å². The molecule has 1 aliphatic heterocycles. The summed E-state index contributed by atoms with van der Waals surface area (Å²) in [7, 11) is 4.15. The van der Waals surface area contributed by atoms with Crippen LogP contribution in [0, 0.1) is 6.92 Å². The Labute approximate surface area is 170 Å². The van der Waals surface area contributed by atoms with Gasteiger partial charge >= 0.3 is 0 Å². The minimum Gasteiger partial charge on any atom is -0.368 e. The van der Waals surface area contributed by atoms with Gasteiger partial charge in [0, 0.05) is 50.7 Å². The summed E-state index contributed by atoms with van der Waals surface area (Å²) in [5.41, 5.74) is 6.74. The van der Waals surface area contributed by atoms with Gasteiger partial charge in [0.05, 0.1) is 23.3 Å². The molecule has 29 heavy (non-hydrogen) atoms. The predicted octanol–water partition coefficient (Wildman–Crippen LogP) is 2.17. The number of nitrogens with one attached hydrogen (secondary N) is 1. The number of fused-ring (bicyclic) bond motifs is 3. The van der Waals surface area contributed by atoms with Crippen molar-refractivity contribution in [1.29, 1.82) is 0 Å². The molecule has 1 saturated heterocycles. The SMILES string of the molecule is Cc1c2c(nn1C)CCc1cnc(Nc3ccc(N4CCN(C)CC4)cn3)nc1-2. The molecule has 0 saturated carbocycles. The highest BCUT2D eigenvalue weighted by Gasteiger charge is 2.24. The predicted molar refractivity (Wildman–Crippen MR) is 114 cm³/mol. The van der Waals surface area contributed by atoms with Gasteiger partial charge in [-0.1, -0.05) is 0 Å². The van der Waals surface area contributed by atoms with E-state index in [2.05, 4.69) is 50.2 Å². The molecule has 2 aliphatic rings. The Morgan fingerprint density at radius 3 is 2.55 bits per heavy atom. The Balaban J connectivity index is 1.37. The molecule has 5 rings (SSSR count). The van der Waals surface area contributed by atoms with Crippen molar-refractivity contribution in [1.82, 2.24) is 29.6 Å². The number of piperazine rings is 1. The second-order valence-corrected chi connectivity index (χ2v) is 7.92. The standard InChI is InChI=1S/C21H26N8/c1-14-19-17(26-28(14)3)6-4-15-12-23-21(25-20(15)19)24-18-7-5-16(13-22-18)29-10-8-27(2)9-11-29/h5,7,12-13H,4,6,8-11H2,1-3H3,(H,22,23,24,25). The van der Waals surface area contributed by atoms with Gasteiger partial charge in [-0.05, 0) is 44.5 Å². The second kappa shape index (κ2) is 7.11. The molecule has 0 amide bonds. The number of likely N-dealkylation sites (N-methyl/N-ethyl adjacent to an activating group) is 1. The van der Waals surface area contributed by atoms with Crippen LogP contribution < -0.4 is 10.2 Å². The van der Waals surface area contributed by atoms with Crippen LogP contribution in [-0.2, 0) is 19.9 Å². The van der Waals surface area contributed by atoms with Crippen molar-refractivity contribution in [3.05, 3.63) is 41.5 Å². The molecule has 8 nitrogen and oxygen atoms in total. The molecule has 150 valence electrons. The minimum absolute atomic E-state index is 0.569. The molecule has 4 heterocycles. The molecule has 0 atom stereocenters. The Morgan fingerprint density at radius 1 is 0.966 bits per heavy atom. The third kappa shape index (κ3) is 3.33. The first-order valence-electron chi connectivity index (χ1n) is 10.1. The molecule has 3 aromatic heterocycles. The first kappa shape index (κ1) is 18.1. The van der Waals surface area contributed by atoms with E-state index in [9.17, 15) is 0 Å². The van der Waals surface area contributed by atoms with E-state index in [1.807, 2.05) is 30.2 Å². The number of hydrogen-bond acceptors (Lipinski definition) is 7. The fourth-order valence-corrected chi connectivity index (χ4v) is 4.11. The zero-order valence-electron chi connectivity index (χ0n) is 17.2. The smallest absolute Gasteiger partial charge is 0.228 e. The summed E-state index contributed by atoms with van der Waals surface area (Å²) in [5, 5.41) is 7.90. The number of anilines is 3. The number of aryl methyl sites for hydroxylation is 3. The average Bonchev–Trinajstić information content (AvgIpc) is 3.03. The molecule has 0 bridgehead atoms. The molecular formula is C21H26N8. The van der Waals surface area contributed by atoms with E-state index in [1.54, 1.807) is 0 Å². The van der Waals surface area contributed by atoms with E-state index in [1.165, 1.54) is 5.56 Å². The van der Waals surface area contributed by atoms with Gasteiger partial charge in [-0.3, -0.25) is 4.68 Å². The first-order valence-corrected chi connectivity index (χ1v) is 10.1. The maximum absolute atomic E-state index is 4.81. The normalized spacial score (nSPS) is 16.4. The van der Waals surface area contributed by atoms with E-state index in [0.29, 0.717) is 5.95 Å². The zero-order valence-corrected chi connectivity index (χ0v) is 17.2. The number of hydrogen-bond donors (Lipinski definition) is 1. The van der Waals surface area contributed by atoms with Crippen LogP contribution in [0.4, 0.5) is 17.5 Å². The lowest BCUT2D eigenvalue weighted by molar-refractivity contribution is 0.313. The van der Waals surface area contributed by atoms with Gasteiger partial charge in [-0.2, -0.15) is 5.10 Å². The van der Waals surface area contributed by atoms with Gasteiger partial charge in [0.15, 0.2) is 0 Å². The van der Waals surface area contributed by atoms with E-state index in [0.717, 1.165) is 73.2 Å². The van der Waals surface area contributed by atoms with Gasteiger partial charge in [0.2, 0.25) is 5.95 Å². The van der Waals surface area contributed by atoms with E-state index in [-0.39, 0.29) is 0 Å². The quantitative estimate of drug-likeness (QED) is 0.735. The molecule has 0 radical (unpaired) electrons. The van der Waals surface area contributed by atoms with Crippen molar-refractivity contribution in [3.63, 3.8) is 0 Å². The Morgan fingerprint density at radius 2 is 1.79 bits per heavy atom. The van der Waals surface area contributed by atoms with Gasteiger partial charge in [-0.15, -0.1) is 0 Å². The summed E-state index contributed by atoms with van der Waals surface area (Å²) in [5.74, 6) is 1.32. The monoisotopic (exact) mass is 390 g/mol. The molecule has 3 aromatic rings. The lowest BCUT2D eigenvalue weighted by atomic mass is 9.94. The van der Waals surface area contributed by atoms with Crippen molar-refractivity contribution in [3.8, 4) is 11.3 Å². The third-order valence-corrected chi connectivity index (χ3v) is 6.00. The van der Waals surface area contributed by atoms with E-state index >= 15 is 0 Å². The lowest BCUT2D eigenvalue weighted by Gasteiger charge is -2.33. The number of aromatic nitrogens is 5. The van der Waals surface area contributed by atoms with Crippen LogP contribution in [0.5, 0.6) is 0 Å². The minimum atomic E-state index is 0.569. The van der Waals surface area contributed by atoms with Crippen LogP contribution in [0.15, 0.2) is 24.5 Å². The first-order chi connectivity index (χ1) is 14.1. The highest BCUT2D eigenvalue weighted by Crippen LogP contribution is 2.34. The van der Waals surface area contributed by atoms with Crippen molar-refractivity contribution in [2.75, 3.05) is 43.4 Å². The van der Waals surface area contributed by atoms with Gasteiger partial charge in [0.1, 0.15) is 5.82 Å². The highest BCUT2D eigenvalue weighted by molar-refractivity contribution is 5.71. The fraction of sp³-hybridized carbons (Fsp3) is 0.429. The topological polar surface area (TPSA) is 75.0 Å². The van der Waals surface area contributed by atoms with Crippen LogP contribution in [0.3, 0.4) is 0 Å². The summed E-state index contributed by atoms with van der Waals surface area (Å²) in [6.07, 6.45) is 5.72. The molecule has 0 aromatic carbocycles. The van der Waals surface area contributed by atoms with Crippen LogP contribution in [0.2, 0.25) is 0 Å². The van der Waals surface area contributed by atoms with E-state index < -0.39 is 0 Å². The van der Waals surface area contributed by atoms with E-state index in [4.69, 9.17) is 4.98 Å². The van der Waals surface area contributed by atoms with Gasteiger partial charge in [0.25, 0.3) is 0 Å². The zero-order chi connectivity index (χ0) is 20.0. The maximum atomic E-state index is 4.81. The van der Waals surface area contributed by atoms with Crippen molar-refractivity contribution < 1.29 is 0 Å². The molecule has 1 aliphatic carbocycles. The molecule has 8 heteroatoms. The van der Waals surface area contributed by atoms with Gasteiger partial charge in [-0.25, -0.2) is 15.0 Å². The largest absolute Gasteiger partial charge is 0.368 e. The number of rotatable bonds is 3. The van der Waals surface area contributed by atoms with Crippen molar-refractivity contribution in [2.45, 2.75) is 19.8 Å². The van der Waals surface area contributed by atoms with Crippen LogP contribution in [-0.4, -0.2) is 62.9 Å². The summed E-state index contributed by atoms with van der Waals surface area (Å²) in [4.78, 5) is 18.6. The summed E-state index contributed by atoms with van der Waals surface area (Å²) < 4.78 is 1.94. The van der Waals surface area contributed by atoms with Crippen LogP contribution in [0.25, 0.3) is 11.3 Å². The third-order valence-electron chi connectivity index (χ3n) is 6.00. The summed E-state index contributed by atoms with van der Waals surface area (Å²) >= 11 is 0. The van der Waals surface area contributed by atoms with Crippen molar-refractivity contribution in [2.24, 2.45) is 7.05 Å². The fourth-order valence-electron chi connectivity index (χ4n) is 4.11. The highest BCUT2D eigenvalue weighted by atomic mass is 15.3. The maximum Gasteiger partial charge on any atom is 0.228 e. The summed E-state index contributed by atoms with van der Waals surface area (Å²) in [6.45, 7) is 6.32. The Hall–Kier alpha value is -3.00. The molecule has 1 N–H and O–H groups in total. The molecular weight excluding hydrogens is 364 g/mol. The second-order valence-electron chi connectivity index (χ2n) is 7.92. The number of pyridine rings is 1. The average molecular weight is 390 g/mol. The number of nitrogens with zero attached hydrogens (tertiary/aromatic N) is 7. The van der Waals surface area contributed by atoms with Crippen LogP contribution in [0.1, 0.15) is 17.0 Å². The lowest BCUT2D eigenvalue weighted by Crippen LogP contribution is -2.44. The molecule has 0 spiro atoms. The van der Waals surface area contributed by atoms with Crippen molar-refractivity contribution >= 4 is 17.5 Å². The summed E-state index contributed by atoms with van der Waals surface area (Å²) in [6, 6.07) is 4.11. The molecule has 0 unspecified atom stereocenters. The molecule has 1 fully saturated rings. The van der Waals surface area contributed by atoms with Gasteiger partial charge < -0.3 is 15.1 Å². The Bertz CT molecular complexity index is 1030. The Kier molecular flexibility index (Phi) is 4.43.